The summed E-state index contributed by atoms with van der Waals surface area (Å²) in [5.74, 6) is -0.198. The summed E-state index contributed by atoms with van der Waals surface area (Å²) in [7, 11) is 0. The molecule has 0 aliphatic carbocycles. The third kappa shape index (κ3) is 4.08. The molecule has 2 aliphatic heterocycles. The first-order valence-electron chi connectivity index (χ1n) is 12.5. The summed E-state index contributed by atoms with van der Waals surface area (Å²) >= 11 is 1.71. The van der Waals surface area contributed by atoms with Crippen LogP contribution in [0.25, 0.3) is 10.2 Å². The summed E-state index contributed by atoms with van der Waals surface area (Å²) in [6.07, 6.45) is 3.52. The molecule has 3 amide bonds. The van der Waals surface area contributed by atoms with Gasteiger partial charge in [-0.25, -0.2) is 14.7 Å². The van der Waals surface area contributed by atoms with Crippen LogP contribution in [0.4, 0.5) is 4.79 Å². The first-order chi connectivity index (χ1) is 17.6. The maximum Gasteiger partial charge on any atom is 0.326 e. The van der Waals surface area contributed by atoms with Crippen LogP contribution < -0.4 is 5.32 Å². The number of piperidine rings is 1. The van der Waals surface area contributed by atoms with Crippen molar-refractivity contribution in [1.29, 1.82) is 0 Å². The Kier molecular flexibility index (Phi) is 6.03. The number of nitrogens with one attached hydrogen (secondary N) is 1. The fourth-order valence-corrected chi connectivity index (χ4v) is 6.59. The average Bonchev–Trinajstić information content (AvgIpc) is 3.45. The molecule has 1 N–H and O–H groups in total. The number of hydrogen-bond acceptors (Lipinski definition) is 5. The highest BCUT2D eigenvalue weighted by atomic mass is 32.1. The summed E-state index contributed by atoms with van der Waals surface area (Å²) < 4.78 is 1.17. The molecule has 6 nitrogen and oxygen atoms in total. The Hall–Kier alpha value is -3.55. The van der Waals surface area contributed by atoms with E-state index in [1.807, 2.05) is 78.9 Å². The van der Waals surface area contributed by atoms with Gasteiger partial charge in [0.05, 0.1) is 22.9 Å². The van der Waals surface area contributed by atoms with Gasteiger partial charge in [0.25, 0.3) is 5.91 Å². The molecule has 182 valence electrons. The van der Waals surface area contributed by atoms with Crippen LogP contribution in [0.1, 0.15) is 41.4 Å². The number of carbonyl (C=O) groups excluding carboxylic acids is 2. The molecule has 0 radical (unpaired) electrons. The van der Waals surface area contributed by atoms with Gasteiger partial charge in [0, 0.05) is 13.0 Å². The van der Waals surface area contributed by atoms with E-state index in [4.69, 9.17) is 4.98 Å². The number of thiazole rings is 1. The molecule has 2 aliphatic rings. The lowest BCUT2D eigenvalue weighted by Crippen LogP contribution is -2.48. The molecule has 3 aromatic carbocycles. The van der Waals surface area contributed by atoms with E-state index in [2.05, 4.69) is 16.3 Å². The summed E-state index contributed by atoms with van der Waals surface area (Å²) in [4.78, 5) is 36.0. The molecule has 3 heterocycles. The van der Waals surface area contributed by atoms with Gasteiger partial charge in [0.1, 0.15) is 5.01 Å². The molecule has 36 heavy (non-hydrogen) atoms. The van der Waals surface area contributed by atoms with Crippen molar-refractivity contribution in [3.8, 4) is 0 Å². The summed E-state index contributed by atoms with van der Waals surface area (Å²) in [6, 6.07) is 27.4. The zero-order chi connectivity index (χ0) is 24.5. The first-order valence-corrected chi connectivity index (χ1v) is 13.3. The molecule has 6 rings (SSSR count). The minimum Gasteiger partial charge on any atom is -0.319 e. The second-order valence-electron chi connectivity index (χ2n) is 9.58. The third-order valence-electron chi connectivity index (χ3n) is 7.29. The number of amides is 3. The number of rotatable bonds is 6. The maximum absolute atomic E-state index is 14.1. The van der Waals surface area contributed by atoms with Crippen LogP contribution in [0.3, 0.4) is 0 Å². The van der Waals surface area contributed by atoms with Crippen molar-refractivity contribution in [1.82, 2.24) is 20.1 Å². The number of nitrogens with zero attached hydrogens (tertiary/aromatic N) is 3. The number of fused-ring (bicyclic) bond motifs is 1. The zero-order valence-electron chi connectivity index (χ0n) is 20.0. The van der Waals surface area contributed by atoms with Crippen molar-refractivity contribution < 1.29 is 9.59 Å². The zero-order valence-corrected chi connectivity index (χ0v) is 20.8. The topological polar surface area (TPSA) is 65.5 Å². The minimum absolute atomic E-state index is 0.0950. The Balaban J connectivity index is 1.31. The molecular weight excluding hydrogens is 468 g/mol. The second-order valence-corrected chi connectivity index (χ2v) is 10.6. The summed E-state index contributed by atoms with van der Waals surface area (Å²) in [5, 5.41) is 4.15. The highest BCUT2D eigenvalue weighted by molar-refractivity contribution is 7.18. The number of para-hydroxylation sites is 1. The largest absolute Gasteiger partial charge is 0.326 e. The van der Waals surface area contributed by atoms with Crippen molar-refractivity contribution in [2.75, 3.05) is 13.2 Å². The monoisotopic (exact) mass is 496 g/mol. The summed E-state index contributed by atoms with van der Waals surface area (Å²) in [5.41, 5.74) is 1.68. The Morgan fingerprint density at radius 1 is 0.917 bits per heavy atom. The van der Waals surface area contributed by atoms with Gasteiger partial charge in [-0.05, 0) is 36.1 Å². The molecule has 7 heteroatoms. The molecular formula is C29H28N4O2S. The fourth-order valence-electron chi connectivity index (χ4n) is 5.45. The number of carbonyl (C=O) groups is 2. The van der Waals surface area contributed by atoms with Crippen LogP contribution >= 0.6 is 11.3 Å². The number of aromatic nitrogens is 1. The van der Waals surface area contributed by atoms with E-state index in [1.54, 1.807) is 11.3 Å². The molecule has 0 bridgehead atoms. The van der Waals surface area contributed by atoms with Crippen molar-refractivity contribution in [2.45, 2.75) is 37.3 Å². The van der Waals surface area contributed by atoms with Crippen LogP contribution in [0.15, 0.2) is 84.9 Å². The van der Waals surface area contributed by atoms with Gasteiger partial charge < -0.3 is 5.32 Å². The van der Waals surface area contributed by atoms with Gasteiger partial charge >= 0.3 is 6.03 Å². The molecule has 2 unspecified atom stereocenters. The van der Waals surface area contributed by atoms with Gasteiger partial charge in [0.2, 0.25) is 0 Å². The molecule has 1 aromatic heterocycles. The molecule has 0 spiro atoms. The molecule has 2 saturated heterocycles. The highest BCUT2D eigenvalue weighted by Gasteiger charge is 2.53. The lowest BCUT2D eigenvalue weighted by Gasteiger charge is -2.36. The van der Waals surface area contributed by atoms with Crippen LogP contribution in [-0.4, -0.2) is 39.9 Å². The van der Waals surface area contributed by atoms with Gasteiger partial charge in [-0.15, -0.1) is 11.3 Å². The van der Waals surface area contributed by atoms with E-state index in [-0.39, 0.29) is 24.6 Å². The Morgan fingerprint density at radius 2 is 1.64 bits per heavy atom. The van der Waals surface area contributed by atoms with Gasteiger partial charge in [-0.1, -0.05) is 79.2 Å². The van der Waals surface area contributed by atoms with Crippen LogP contribution in [0, 0.1) is 0 Å². The first kappa shape index (κ1) is 22.9. The highest BCUT2D eigenvalue weighted by Crippen LogP contribution is 2.38. The molecule has 0 saturated carbocycles. The van der Waals surface area contributed by atoms with Crippen molar-refractivity contribution in [3.63, 3.8) is 0 Å². The fraction of sp³-hybridized carbons (Fsp3) is 0.276. The molecule has 4 aromatic rings. The van der Waals surface area contributed by atoms with E-state index in [9.17, 15) is 9.59 Å². The Bertz CT molecular complexity index is 1360. The van der Waals surface area contributed by atoms with Crippen LogP contribution in [0.2, 0.25) is 0 Å². The van der Waals surface area contributed by atoms with Crippen molar-refractivity contribution in [2.24, 2.45) is 0 Å². The lowest BCUT2D eigenvalue weighted by molar-refractivity contribution is -0.133. The van der Waals surface area contributed by atoms with E-state index in [0.29, 0.717) is 6.42 Å². The van der Waals surface area contributed by atoms with Crippen molar-refractivity contribution in [3.05, 3.63) is 101 Å². The number of hydrogen-bond donors (Lipinski definition) is 1. The van der Waals surface area contributed by atoms with Gasteiger partial charge in [-0.2, -0.15) is 0 Å². The third-order valence-corrected chi connectivity index (χ3v) is 8.42. The standard InChI is InChI=1S/C29H28N4O2S/c34-27-29(22-13-5-2-6-14-22,19-21-11-3-1-4-12-21)31-28(35)33(27)20-32-18-10-9-16-24(32)26-30-23-15-7-8-17-25(23)36-26/h1-8,11-15,17,24H,9-10,16,18-20H2,(H,31,35). The summed E-state index contributed by atoms with van der Waals surface area (Å²) in [6.45, 7) is 1.09. The predicted octanol–water partition coefficient (Wildman–Crippen LogP) is 5.47. The molecule has 2 fully saturated rings. The van der Waals surface area contributed by atoms with Crippen LogP contribution in [0.5, 0.6) is 0 Å². The van der Waals surface area contributed by atoms with Gasteiger partial charge in [0.15, 0.2) is 5.54 Å². The number of likely N-dealkylation sites (tertiary alicyclic amines) is 1. The smallest absolute Gasteiger partial charge is 0.319 e. The number of benzene rings is 3. The van der Waals surface area contributed by atoms with E-state index >= 15 is 0 Å². The number of urea groups is 1. The Morgan fingerprint density at radius 3 is 2.42 bits per heavy atom. The number of imide groups is 1. The Labute approximate surface area is 214 Å². The molecule has 2 atom stereocenters. The lowest BCUT2D eigenvalue weighted by atomic mass is 9.83. The maximum atomic E-state index is 14.1. The van der Waals surface area contributed by atoms with Gasteiger partial charge in [-0.3, -0.25) is 9.69 Å². The second kappa shape index (κ2) is 9.48. The predicted molar refractivity (Wildman–Crippen MR) is 141 cm³/mol. The minimum atomic E-state index is -1.12. The normalized spacial score (nSPS) is 22.8. The van der Waals surface area contributed by atoms with Crippen LogP contribution in [-0.2, 0) is 16.8 Å². The van der Waals surface area contributed by atoms with E-state index in [1.165, 1.54) is 9.60 Å². The SMILES string of the molecule is O=C1NC(Cc2ccccc2)(c2ccccc2)C(=O)N1CN1CCCCC1c1nc2ccccc2s1. The average molecular weight is 497 g/mol. The van der Waals surface area contributed by atoms with E-state index in [0.717, 1.165) is 47.5 Å². The quantitative estimate of drug-likeness (QED) is 0.360. The van der Waals surface area contributed by atoms with E-state index < -0.39 is 5.54 Å². The van der Waals surface area contributed by atoms with Crippen molar-refractivity contribution >= 4 is 33.5 Å².